The molecule has 1 fully saturated rings. The molecule has 0 bridgehead atoms. The van der Waals surface area contributed by atoms with Crippen molar-refractivity contribution in [3.05, 3.63) is 29.8 Å². The van der Waals surface area contributed by atoms with E-state index in [4.69, 9.17) is 5.73 Å². The van der Waals surface area contributed by atoms with Crippen LogP contribution >= 0.6 is 0 Å². The fourth-order valence-corrected chi connectivity index (χ4v) is 2.41. The highest BCUT2D eigenvalue weighted by molar-refractivity contribution is 5.87. The number of fused-ring (bicyclic) bond motifs is 1. The largest absolute Gasteiger partial charge is 0.383 e. The number of halogens is 1. The number of hydrogen-bond acceptors (Lipinski definition) is 4. The third-order valence-electron chi connectivity index (χ3n) is 3.37. The molecule has 94 valence electrons. The third-order valence-corrected chi connectivity index (χ3v) is 3.37. The second-order valence-corrected chi connectivity index (χ2v) is 4.75. The Morgan fingerprint density at radius 1 is 1.39 bits per heavy atom. The summed E-state index contributed by atoms with van der Waals surface area (Å²) >= 11 is 0. The van der Waals surface area contributed by atoms with E-state index in [0.717, 1.165) is 31.8 Å². The zero-order chi connectivity index (χ0) is 12.5. The normalized spacial score (nSPS) is 19.5. The number of benzene rings is 1. The van der Waals surface area contributed by atoms with Crippen molar-refractivity contribution < 1.29 is 4.39 Å². The highest BCUT2D eigenvalue weighted by Crippen LogP contribution is 2.21. The fourth-order valence-electron chi connectivity index (χ4n) is 2.41. The predicted octanol–water partition coefficient (Wildman–Crippen LogP) is 1.50. The summed E-state index contributed by atoms with van der Waals surface area (Å²) in [5, 5.41) is 3.90. The van der Waals surface area contributed by atoms with Gasteiger partial charge in [-0.2, -0.15) is 0 Å². The minimum absolute atomic E-state index is 0.314. The van der Waals surface area contributed by atoms with Gasteiger partial charge in [-0.05, 0) is 43.6 Å². The molecule has 4 nitrogen and oxygen atoms in total. The molecule has 0 radical (unpaired) electrons. The molecule has 1 saturated heterocycles. The molecule has 5 heteroatoms. The van der Waals surface area contributed by atoms with E-state index in [-0.39, 0.29) is 5.82 Å². The van der Waals surface area contributed by atoms with Crippen LogP contribution in [0.15, 0.2) is 18.2 Å². The molecule has 0 saturated carbocycles. The number of nitrogens with one attached hydrogen (secondary N) is 1. The van der Waals surface area contributed by atoms with Gasteiger partial charge in [0.25, 0.3) is 0 Å². The van der Waals surface area contributed by atoms with Crippen molar-refractivity contribution in [3.8, 4) is 0 Å². The minimum atomic E-state index is -0.314. The van der Waals surface area contributed by atoms with Crippen molar-refractivity contribution in [1.29, 1.82) is 0 Å². The first kappa shape index (κ1) is 11.3. The van der Waals surface area contributed by atoms with Crippen LogP contribution in [0, 0.1) is 11.7 Å². The molecule has 1 aliphatic rings. The summed E-state index contributed by atoms with van der Waals surface area (Å²) in [7, 11) is 0. The standard InChI is InChI=1S/C13H15FN4/c14-9-1-2-11-10(6-9)13(15)18-12(17-11)5-8-3-4-16-7-8/h1-2,6,8,16H,3-5,7H2,(H2,15,17,18). The number of nitrogens with zero attached hydrogens (tertiary/aromatic N) is 2. The second-order valence-electron chi connectivity index (χ2n) is 4.75. The topological polar surface area (TPSA) is 63.8 Å². The Bertz CT molecular complexity index is 578. The molecule has 0 spiro atoms. The van der Waals surface area contributed by atoms with Crippen LogP contribution in [0.4, 0.5) is 10.2 Å². The van der Waals surface area contributed by atoms with Gasteiger partial charge in [-0.15, -0.1) is 0 Å². The molecular weight excluding hydrogens is 231 g/mol. The summed E-state index contributed by atoms with van der Waals surface area (Å²) in [6.45, 7) is 2.06. The fraction of sp³-hybridized carbons (Fsp3) is 0.385. The van der Waals surface area contributed by atoms with Crippen LogP contribution in [-0.4, -0.2) is 23.1 Å². The van der Waals surface area contributed by atoms with Crippen molar-refractivity contribution in [2.75, 3.05) is 18.8 Å². The molecule has 1 unspecified atom stereocenters. The average Bonchev–Trinajstić information content (AvgIpc) is 2.83. The van der Waals surface area contributed by atoms with E-state index in [2.05, 4.69) is 15.3 Å². The number of nitrogen functional groups attached to an aromatic ring is 1. The molecule has 3 N–H and O–H groups in total. The zero-order valence-electron chi connectivity index (χ0n) is 9.99. The van der Waals surface area contributed by atoms with Crippen molar-refractivity contribution >= 4 is 16.7 Å². The summed E-state index contributed by atoms with van der Waals surface area (Å²) in [5.41, 5.74) is 6.58. The Morgan fingerprint density at radius 2 is 2.28 bits per heavy atom. The lowest BCUT2D eigenvalue weighted by Gasteiger charge is -2.09. The zero-order valence-corrected chi connectivity index (χ0v) is 9.99. The predicted molar refractivity (Wildman–Crippen MR) is 68.6 cm³/mol. The van der Waals surface area contributed by atoms with Crippen molar-refractivity contribution in [2.24, 2.45) is 5.92 Å². The van der Waals surface area contributed by atoms with Crippen LogP contribution in [0.1, 0.15) is 12.2 Å². The number of anilines is 1. The molecule has 1 atom stereocenters. The number of nitrogens with two attached hydrogens (primary N) is 1. The van der Waals surface area contributed by atoms with Crippen LogP contribution in [-0.2, 0) is 6.42 Å². The lowest BCUT2D eigenvalue weighted by molar-refractivity contribution is 0.563. The summed E-state index contributed by atoms with van der Waals surface area (Å²) in [4.78, 5) is 8.73. The summed E-state index contributed by atoms with van der Waals surface area (Å²) in [6.07, 6.45) is 1.97. The molecule has 1 aromatic carbocycles. The number of aromatic nitrogens is 2. The molecule has 3 rings (SSSR count). The summed E-state index contributed by atoms with van der Waals surface area (Å²) in [5.74, 6) is 1.37. The van der Waals surface area contributed by atoms with Gasteiger partial charge in [-0.1, -0.05) is 0 Å². The molecule has 2 aromatic rings. The maximum absolute atomic E-state index is 13.1. The van der Waals surface area contributed by atoms with E-state index in [1.54, 1.807) is 6.07 Å². The molecule has 18 heavy (non-hydrogen) atoms. The molecule has 1 aliphatic heterocycles. The Kier molecular flexibility index (Phi) is 2.83. The summed E-state index contributed by atoms with van der Waals surface area (Å²) in [6, 6.07) is 4.43. The van der Waals surface area contributed by atoms with E-state index in [1.807, 2.05) is 0 Å². The van der Waals surface area contributed by atoms with E-state index < -0.39 is 0 Å². The van der Waals surface area contributed by atoms with E-state index in [0.29, 0.717) is 22.6 Å². The van der Waals surface area contributed by atoms with Crippen molar-refractivity contribution in [1.82, 2.24) is 15.3 Å². The molecule has 0 amide bonds. The Hall–Kier alpha value is -1.75. The van der Waals surface area contributed by atoms with Gasteiger partial charge in [0.05, 0.1) is 5.52 Å². The molecule has 2 heterocycles. The summed E-state index contributed by atoms with van der Waals surface area (Å²) < 4.78 is 13.1. The van der Waals surface area contributed by atoms with E-state index in [1.165, 1.54) is 12.1 Å². The Morgan fingerprint density at radius 3 is 3.06 bits per heavy atom. The minimum Gasteiger partial charge on any atom is -0.383 e. The maximum atomic E-state index is 13.1. The van der Waals surface area contributed by atoms with Gasteiger partial charge < -0.3 is 11.1 Å². The van der Waals surface area contributed by atoms with Gasteiger partial charge in [0.2, 0.25) is 0 Å². The van der Waals surface area contributed by atoms with Gasteiger partial charge >= 0.3 is 0 Å². The second kappa shape index (κ2) is 4.49. The van der Waals surface area contributed by atoms with E-state index in [9.17, 15) is 4.39 Å². The monoisotopic (exact) mass is 246 g/mol. The van der Waals surface area contributed by atoms with Gasteiger partial charge in [-0.3, -0.25) is 0 Å². The highest BCUT2D eigenvalue weighted by atomic mass is 19.1. The first-order chi connectivity index (χ1) is 8.72. The number of hydrogen-bond donors (Lipinski definition) is 2. The Labute approximate surface area is 104 Å². The smallest absolute Gasteiger partial charge is 0.135 e. The third kappa shape index (κ3) is 2.13. The van der Waals surface area contributed by atoms with Gasteiger partial charge in [0.15, 0.2) is 0 Å². The molecular formula is C13H15FN4. The van der Waals surface area contributed by atoms with Crippen molar-refractivity contribution in [3.63, 3.8) is 0 Å². The molecule has 0 aliphatic carbocycles. The maximum Gasteiger partial charge on any atom is 0.135 e. The lowest BCUT2D eigenvalue weighted by atomic mass is 10.0. The number of rotatable bonds is 2. The SMILES string of the molecule is Nc1nc(CC2CCNC2)nc2ccc(F)cc12. The van der Waals surface area contributed by atoms with Crippen LogP contribution in [0.25, 0.3) is 10.9 Å². The van der Waals surface area contributed by atoms with Crippen molar-refractivity contribution in [2.45, 2.75) is 12.8 Å². The first-order valence-corrected chi connectivity index (χ1v) is 6.15. The van der Waals surface area contributed by atoms with Gasteiger partial charge in [0, 0.05) is 11.8 Å². The van der Waals surface area contributed by atoms with Crippen LogP contribution in [0.2, 0.25) is 0 Å². The van der Waals surface area contributed by atoms with Gasteiger partial charge in [-0.25, -0.2) is 14.4 Å². The van der Waals surface area contributed by atoms with Gasteiger partial charge in [0.1, 0.15) is 17.5 Å². The quantitative estimate of drug-likeness (QED) is 0.843. The molecule has 1 aromatic heterocycles. The van der Waals surface area contributed by atoms with Crippen LogP contribution in [0.3, 0.4) is 0 Å². The highest BCUT2D eigenvalue weighted by Gasteiger charge is 2.17. The Balaban J connectivity index is 1.96. The van der Waals surface area contributed by atoms with E-state index >= 15 is 0 Å². The lowest BCUT2D eigenvalue weighted by Crippen LogP contribution is -2.13. The van der Waals surface area contributed by atoms with Crippen LogP contribution in [0.5, 0.6) is 0 Å². The average molecular weight is 246 g/mol. The first-order valence-electron chi connectivity index (χ1n) is 6.15. The van der Waals surface area contributed by atoms with Crippen LogP contribution < -0.4 is 11.1 Å².